The van der Waals surface area contributed by atoms with Crippen LogP contribution in [0.25, 0.3) is 0 Å². The lowest BCUT2D eigenvalue weighted by Crippen LogP contribution is -2.57. The van der Waals surface area contributed by atoms with E-state index in [-0.39, 0.29) is 12.1 Å². The van der Waals surface area contributed by atoms with Gasteiger partial charge >= 0.3 is 13.6 Å². The van der Waals surface area contributed by atoms with Crippen molar-refractivity contribution in [3.8, 4) is 0 Å². The molecule has 0 aliphatic heterocycles. The van der Waals surface area contributed by atoms with E-state index in [9.17, 15) is 9.36 Å². The molecule has 6 nitrogen and oxygen atoms in total. The van der Waals surface area contributed by atoms with E-state index in [2.05, 4.69) is 0 Å². The largest absolute Gasteiger partial charge is 0.480 e. The van der Waals surface area contributed by atoms with Crippen molar-refractivity contribution >= 4 is 13.6 Å². The molecule has 0 amide bonds. The fourth-order valence-electron chi connectivity index (χ4n) is 1.94. The molecule has 0 aromatic heterocycles. The van der Waals surface area contributed by atoms with Gasteiger partial charge in [0.05, 0.1) is 0 Å². The van der Waals surface area contributed by atoms with Crippen LogP contribution in [0.15, 0.2) is 0 Å². The molecule has 0 radical (unpaired) electrons. The van der Waals surface area contributed by atoms with Gasteiger partial charge in [-0.25, -0.2) is 0 Å². The molecule has 5 N–H and O–H groups in total. The Morgan fingerprint density at radius 3 is 2.40 bits per heavy atom. The van der Waals surface area contributed by atoms with Crippen molar-refractivity contribution in [2.24, 2.45) is 11.7 Å². The Labute approximate surface area is 87.6 Å². The molecule has 1 fully saturated rings. The van der Waals surface area contributed by atoms with Crippen molar-refractivity contribution in [1.82, 2.24) is 0 Å². The van der Waals surface area contributed by atoms with E-state index < -0.39 is 19.1 Å². The van der Waals surface area contributed by atoms with Crippen LogP contribution in [-0.4, -0.2) is 32.6 Å². The topological polar surface area (TPSA) is 121 Å². The Balaban J connectivity index is 2.19. The van der Waals surface area contributed by atoms with Crippen LogP contribution in [0.1, 0.15) is 25.7 Å². The number of carboxylic acid groups (broad SMARTS) is 1. The SMILES string of the molecule is NC1(C(=O)O)CC(CCCP(=O)(O)O)C1. The standard InChI is InChI=1S/C8H16NO5P/c9-8(7(10)11)4-6(5-8)2-1-3-15(12,13)14/h6H,1-5,9H2,(H,10,11)(H2,12,13,14). The Kier molecular flexibility index (Phi) is 3.55. The smallest absolute Gasteiger partial charge is 0.325 e. The Bertz CT molecular complexity index is 293. The second kappa shape index (κ2) is 4.22. The van der Waals surface area contributed by atoms with Gasteiger partial charge in [-0.2, -0.15) is 0 Å². The first-order valence-corrected chi connectivity index (χ1v) is 6.59. The van der Waals surface area contributed by atoms with Gasteiger partial charge in [-0.15, -0.1) is 0 Å². The Morgan fingerprint density at radius 1 is 1.47 bits per heavy atom. The molecule has 88 valence electrons. The molecule has 1 aliphatic carbocycles. The van der Waals surface area contributed by atoms with E-state index in [4.69, 9.17) is 20.6 Å². The molecule has 1 aliphatic rings. The molecule has 0 heterocycles. The van der Waals surface area contributed by atoms with Crippen molar-refractivity contribution in [1.29, 1.82) is 0 Å². The normalized spacial score (nSPS) is 31.0. The number of carbonyl (C=O) groups is 1. The van der Waals surface area contributed by atoms with Crippen LogP contribution in [-0.2, 0) is 9.36 Å². The number of rotatable bonds is 5. The third-order valence-electron chi connectivity index (χ3n) is 2.79. The average Bonchev–Trinajstić information content (AvgIpc) is 1.97. The highest BCUT2D eigenvalue weighted by Gasteiger charge is 2.46. The van der Waals surface area contributed by atoms with Crippen LogP contribution in [0.4, 0.5) is 0 Å². The molecule has 0 bridgehead atoms. The second-order valence-corrected chi connectivity index (χ2v) is 6.04. The first kappa shape index (κ1) is 12.6. The zero-order valence-electron chi connectivity index (χ0n) is 8.30. The molecular formula is C8H16NO5P. The minimum atomic E-state index is -3.91. The molecule has 15 heavy (non-hydrogen) atoms. The van der Waals surface area contributed by atoms with Crippen LogP contribution in [0, 0.1) is 5.92 Å². The second-order valence-electron chi connectivity index (χ2n) is 4.27. The van der Waals surface area contributed by atoms with Crippen LogP contribution in [0.3, 0.4) is 0 Å². The first-order chi connectivity index (χ1) is 6.73. The lowest BCUT2D eigenvalue weighted by atomic mass is 9.67. The van der Waals surface area contributed by atoms with Gasteiger partial charge in [0.1, 0.15) is 5.54 Å². The van der Waals surface area contributed by atoms with E-state index in [1.54, 1.807) is 0 Å². The average molecular weight is 237 g/mol. The summed E-state index contributed by atoms with van der Waals surface area (Å²) in [5.41, 5.74) is 4.44. The van der Waals surface area contributed by atoms with E-state index >= 15 is 0 Å². The highest BCUT2D eigenvalue weighted by atomic mass is 31.2. The van der Waals surface area contributed by atoms with Gasteiger partial charge in [-0.3, -0.25) is 9.36 Å². The summed E-state index contributed by atoms with van der Waals surface area (Å²) in [4.78, 5) is 27.8. The molecule has 1 rings (SSSR count). The van der Waals surface area contributed by atoms with Gasteiger partial charge in [0, 0.05) is 6.16 Å². The van der Waals surface area contributed by atoms with Crippen molar-refractivity contribution in [2.75, 3.05) is 6.16 Å². The molecule has 0 saturated heterocycles. The molecule has 0 aromatic carbocycles. The number of nitrogens with two attached hydrogens (primary N) is 1. The quantitative estimate of drug-likeness (QED) is 0.504. The van der Waals surface area contributed by atoms with Crippen molar-refractivity contribution in [2.45, 2.75) is 31.2 Å². The van der Waals surface area contributed by atoms with E-state index in [0.29, 0.717) is 25.7 Å². The molecule has 0 aromatic rings. The van der Waals surface area contributed by atoms with Gasteiger partial charge < -0.3 is 20.6 Å². The lowest BCUT2D eigenvalue weighted by molar-refractivity contribution is -0.149. The van der Waals surface area contributed by atoms with Crippen LogP contribution in [0.5, 0.6) is 0 Å². The lowest BCUT2D eigenvalue weighted by Gasteiger charge is -2.41. The molecule has 0 atom stereocenters. The number of hydrogen-bond acceptors (Lipinski definition) is 3. The summed E-state index contributed by atoms with van der Waals surface area (Å²) in [6.07, 6.45) is 1.74. The molecular weight excluding hydrogens is 221 g/mol. The zero-order chi connectivity index (χ0) is 11.7. The van der Waals surface area contributed by atoms with E-state index in [0.717, 1.165) is 0 Å². The predicted octanol–water partition coefficient (Wildman–Crippen LogP) is 0.136. The van der Waals surface area contributed by atoms with Crippen LogP contribution >= 0.6 is 7.60 Å². The van der Waals surface area contributed by atoms with Gasteiger partial charge in [0.15, 0.2) is 0 Å². The fraction of sp³-hybridized carbons (Fsp3) is 0.875. The summed E-state index contributed by atoms with van der Waals surface area (Å²) >= 11 is 0. The fourth-order valence-corrected chi connectivity index (χ4v) is 2.53. The number of carboxylic acids is 1. The maximum atomic E-state index is 10.6. The highest BCUT2D eigenvalue weighted by molar-refractivity contribution is 7.51. The first-order valence-electron chi connectivity index (χ1n) is 4.80. The molecule has 1 saturated carbocycles. The number of hydrogen-bond donors (Lipinski definition) is 4. The third kappa shape index (κ3) is 3.57. The maximum absolute atomic E-state index is 10.6. The van der Waals surface area contributed by atoms with E-state index in [1.807, 2.05) is 0 Å². The van der Waals surface area contributed by atoms with Gasteiger partial charge in [-0.05, 0) is 31.6 Å². The number of aliphatic carboxylic acids is 1. The molecule has 0 spiro atoms. The monoisotopic (exact) mass is 237 g/mol. The third-order valence-corrected chi connectivity index (χ3v) is 3.69. The van der Waals surface area contributed by atoms with Crippen LogP contribution < -0.4 is 5.73 Å². The molecule has 7 heteroatoms. The summed E-state index contributed by atoms with van der Waals surface area (Å²) in [7, 11) is -3.91. The van der Waals surface area contributed by atoms with Crippen molar-refractivity contribution in [3.63, 3.8) is 0 Å². The summed E-state index contributed by atoms with van der Waals surface area (Å²) in [5, 5.41) is 8.72. The minimum absolute atomic E-state index is 0.131. The zero-order valence-corrected chi connectivity index (χ0v) is 9.19. The molecule has 0 unspecified atom stereocenters. The summed E-state index contributed by atoms with van der Waals surface area (Å²) < 4.78 is 10.5. The highest BCUT2D eigenvalue weighted by Crippen LogP contribution is 2.41. The van der Waals surface area contributed by atoms with Crippen molar-refractivity contribution in [3.05, 3.63) is 0 Å². The van der Waals surface area contributed by atoms with E-state index in [1.165, 1.54) is 0 Å². The van der Waals surface area contributed by atoms with Gasteiger partial charge in [0.25, 0.3) is 0 Å². The maximum Gasteiger partial charge on any atom is 0.325 e. The van der Waals surface area contributed by atoms with Crippen molar-refractivity contribution < 1.29 is 24.3 Å². The summed E-state index contributed by atoms with van der Waals surface area (Å²) in [6, 6.07) is 0. The summed E-state index contributed by atoms with van der Waals surface area (Å²) in [5.74, 6) is -0.800. The van der Waals surface area contributed by atoms with Crippen LogP contribution in [0.2, 0.25) is 0 Å². The van der Waals surface area contributed by atoms with Gasteiger partial charge in [0.2, 0.25) is 0 Å². The summed E-state index contributed by atoms with van der Waals surface area (Å²) in [6.45, 7) is 0. The predicted molar refractivity (Wildman–Crippen MR) is 53.4 cm³/mol. The van der Waals surface area contributed by atoms with Gasteiger partial charge in [-0.1, -0.05) is 0 Å². The Hall–Kier alpha value is -0.420. The minimum Gasteiger partial charge on any atom is -0.480 e. The Morgan fingerprint density at radius 2 is 2.00 bits per heavy atom.